The number of rotatable bonds is 5. The first-order valence-electron chi connectivity index (χ1n) is 5.12. The molecule has 0 aromatic carbocycles. The highest BCUT2D eigenvalue weighted by Gasteiger charge is 2.53. The van der Waals surface area contributed by atoms with Gasteiger partial charge in [-0.1, -0.05) is 0 Å². The molecule has 0 aliphatic heterocycles. The molecule has 70 valence electrons. The zero-order chi connectivity index (χ0) is 8.60. The molecule has 0 heterocycles. The highest BCUT2D eigenvalue weighted by molar-refractivity contribution is 5.04. The van der Waals surface area contributed by atoms with Crippen LogP contribution in [0.2, 0.25) is 0 Å². The Bertz CT molecular complexity index is 159. The summed E-state index contributed by atoms with van der Waals surface area (Å²) in [5.41, 5.74) is 0.675. The number of hydrogen-bond donors (Lipinski definition) is 2. The van der Waals surface area contributed by atoms with Crippen molar-refractivity contribution in [3.8, 4) is 0 Å². The summed E-state index contributed by atoms with van der Waals surface area (Å²) in [6.07, 6.45) is 5.56. The normalized spacial score (nSPS) is 28.5. The van der Waals surface area contributed by atoms with Crippen LogP contribution < -0.4 is 5.32 Å². The summed E-state index contributed by atoms with van der Waals surface area (Å²) in [7, 11) is 0. The largest absolute Gasteiger partial charge is 0.392 e. The quantitative estimate of drug-likeness (QED) is 0.647. The first-order valence-corrected chi connectivity index (χ1v) is 5.12. The van der Waals surface area contributed by atoms with E-state index in [-0.39, 0.29) is 6.10 Å². The molecule has 1 atom stereocenters. The van der Waals surface area contributed by atoms with E-state index in [0.717, 1.165) is 19.0 Å². The van der Waals surface area contributed by atoms with Crippen LogP contribution in [0.25, 0.3) is 0 Å². The minimum atomic E-state index is -0.194. The predicted molar refractivity (Wildman–Crippen MR) is 48.9 cm³/mol. The van der Waals surface area contributed by atoms with Gasteiger partial charge < -0.3 is 10.4 Å². The van der Waals surface area contributed by atoms with Gasteiger partial charge in [0.2, 0.25) is 0 Å². The summed E-state index contributed by atoms with van der Waals surface area (Å²) in [6.45, 7) is 3.74. The van der Waals surface area contributed by atoms with Gasteiger partial charge in [-0.25, -0.2) is 0 Å². The maximum absolute atomic E-state index is 9.06. The molecule has 1 unspecified atom stereocenters. The molecule has 2 rings (SSSR count). The SMILES string of the molecule is CC(O)CNCC1(C2CC2)CC1. The number of aliphatic hydroxyl groups excluding tert-OH is 1. The van der Waals surface area contributed by atoms with Crippen LogP contribution in [0.3, 0.4) is 0 Å². The van der Waals surface area contributed by atoms with Gasteiger partial charge in [-0.05, 0) is 43.9 Å². The van der Waals surface area contributed by atoms with Crippen LogP contribution >= 0.6 is 0 Å². The second-order valence-corrected chi connectivity index (χ2v) is 4.62. The average molecular weight is 169 g/mol. The fourth-order valence-corrected chi connectivity index (χ4v) is 2.12. The van der Waals surface area contributed by atoms with E-state index in [0.29, 0.717) is 5.41 Å². The van der Waals surface area contributed by atoms with E-state index in [1.165, 1.54) is 25.7 Å². The van der Waals surface area contributed by atoms with Crippen molar-refractivity contribution >= 4 is 0 Å². The summed E-state index contributed by atoms with van der Waals surface area (Å²) in [5.74, 6) is 1.03. The van der Waals surface area contributed by atoms with Crippen LogP contribution in [0.4, 0.5) is 0 Å². The molecule has 0 saturated heterocycles. The van der Waals surface area contributed by atoms with Crippen LogP contribution in [0.5, 0.6) is 0 Å². The minimum Gasteiger partial charge on any atom is -0.392 e. The Morgan fingerprint density at radius 2 is 2.17 bits per heavy atom. The van der Waals surface area contributed by atoms with E-state index in [2.05, 4.69) is 5.32 Å². The molecule has 2 saturated carbocycles. The molecule has 2 aliphatic rings. The Balaban J connectivity index is 1.65. The molecule has 12 heavy (non-hydrogen) atoms. The van der Waals surface area contributed by atoms with Crippen molar-refractivity contribution in [2.45, 2.75) is 38.7 Å². The zero-order valence-electron chi connectivity index (χ0n) is 7.84. The number of aliphatic hydroxyl groups is 1. The zero-order valence-corrected chi connectivity index (χ0v) is 7.84. The molecule has 2 fully saturated rings. The monoisotopic (exact) mass is 169 g/mol. The van der Waals surface area contributed by atoms with E-state index in [9.17, 15) is 0 Å². The van der Waals surface area contributed by atoms with E-state index in [4.69, 9.17) is 5.11 Å². The Hall–Kier alpha value is -0.0800. The first kappa shape index (κ1) is 8.52. The van der Waals surface area contributed by atoms with Crippen LogP contribution in [0.15, 0.2) is 0 Å². The van der Waals surface area contributed by atoms with Gasteiger partial charge in [-0.15, -0.1) is 0 Å². The van der Waals surface area contributed by atoms with Crippen molar-refractivity contribution < 1.29 is 5.11 Å². The molecule has 2 nitrogen and oxygen atoms in total. The van der Waals surface area contributed by atoms with Crippen molar-refractivity contribution in [3.05, 3.63) is 0 Å². The smallest absolute Gasteiger partial charge is 0.0636 e. The fraction of sp³-hybridized carbons (Fsp3) is 1.00. The van der Waals surface area contributed by atoms with Gasteiger partial charge >= 0.3 is 0 Å². The molecule has 0 aromatic rings. The maximum atomic E-state index is 9.06. The van der Waals surface area contributed by atoms with Gasteiger partial charge in [0.05, 0.1) is 6.10 Å². The van der Waals surface area contributed by atoms with Crippen molar-refractivity contribution in [1.82, 2.24) is 5.32 Å². The third-order valence-electron chi connectivity index (χ3n) is 3.25. The summed E-state index contributed by atoms with van der Waals surface area (Å²) >= 11 is 0. The third-order valence-corrected chi connectivity index (χ3v) is 3.25. The first-order chi connectivity index (χ1) is 5.73. The molecule has 2 aliphatic carbocycles. The van der Waals surface area contributed by atoms with Gasteiger partial charge in [0.25, 0.3) is 0 Å². The molecule has 0 bridgehead atoms. The molecule has 0 aromatic heterocycles. The van der Waals surface area contributed by atoms with E-state index in [1.54, 1.807) is 0 Å². The molecule has 2 heteroatoms. The van der Waals surface area contributed by atoms with E-state index < -0.39 is 0 Å². The second kappa shape index (κ2) is 3.00. The van der Waals surface area contributed by atoms with Crippen LogP contribution in [-0.2, 0) is 0 Å². The summed E-state index contributed by atoms with van der Waals surface area (Å²) < 4.78 is 0. The lowest BCUT2D eigenvalue weighted by Gasteiger charge is -2.15. The van der Waals surface area contributed by atoms with E-state index in [1.807, 2.05) is 6.92 Å². The fourth-order valence-electron chi connectivity index (χ4n) is 2.12. The highest BCUT2D eigenvalue weighted by Crippen LogP contribution is 2.60. The summed E-state index contributed by atoms with van der Waals surface area (Å²) in [4.78, 5) is 0. The molecule has 0 amide bonds. The summed E-state index contributed by atoms with van der Waals surface area (Å²) in [6, 6.07) is 0. The van der Waals surface area contributed by atoms with Crippen molar-refractivity contribution in [1.29, 1.82) is 0 Å². The Morgan fingerprint density at radius 3 is 2.58 bits per heavy atom. The van der Waals surface area contributed by atoms with Gasteiger partial charge in [0, 0.05) is 13.1 Å². The van der Waals surface area contributed by atoms with E-state index >= 15 is 0 Å². The molecular weight excluding hydrogens is 150 g/mol. The Morgan fingerprint density at radius 1 is 1.50 bits per heavy atom. The third kappa shape index (κ3) is 1.80. The molecule has 0 spiro atoms. The van der Waals surface area contributed by atoms with Crippen LogP contribution in [0, 0.1) is 11.3 Å². The Labute approximate surface area is 74.4 Å². The molecule has 0 radical (unpaired) electrons. The highest BCUT2D eigenvalue weighted by atomic mass is 16.3. The van der Waals surface area contributed by atoms with Gasteiger partial charge in [-0.3, -0.25) is 0 Å². The Kier molecular flexibility index (Phi) is 2.13. The summed E-state index contributed by atoms with van der Waals surface area (Å²) in [5, 5.41) is 12.4. The van der Waals surface area contributed by atoms with Gasteiger partial charge in [0.1, 0.15) is 0 Å². The lowest BCUT2D eigenvalue weighted by Crippen LogP contribution is -2.31. The van der Waals surface area contributed by atoms with Crippen LogP contribution in [-0.4, -0.2) is 24.3 Å². The van der Waals surface area contributed by atoms with Crippen LogP contribution in [0.1, 0.15) is 32.6 Å². The predicted octanol–water partition coefficient (Wildman–Crippen LogP) is 1.15. The standard InChI is InChI=1S/C10H19NO/c1-8(12)6-11-7-10(4-5-10)9-2-3-9/h8-9,11-12H,2-7H2,1H3. The average Bonchev–Trinajstić information content (AvgIpc) is 2.82. The maximum Gasteiger partial charge on any atom is 0.0636 e. The number of hydrogen-bond acceptors (Lipinski definition) is 2. The topological polar surface area (TPSA) is 32.3 Å². The second-order valence-electron chi connectivity index (χ2n) is 4.62. The lowest BCUT2D eigenvalue weighted by atomic mass is 10.0. The molecular formula is C10H19NO. The van der Waals surface area contributed by atoms with Crippen molar-refractivity contribution in [3.63, 3.8) is 0 Å². The number of nitrogens with one attached hydrogen (secondary N) is 1. The van der Waals surface area contributed by atoms with Gasteiger partial charge in [-0.2, -0.15) is 0 Å². The van der Waals surface area contributed by atoms with Gasteiger partial charge in [0.15, 0.2) is 0 Å². The molecule has 2 N–H and O–H groups in total. The lowest BCUT2D eigenvalue weighted by molar-refractivity contribution is 0.187. The van der Waals surface area contributed by atoms with Crippen molar-refractivity contribution in [2.75, 3.05) is 13.1 Å². The minimum absolute atomic E-state index is 0.194. The van der Waals surface area contributed by atoms with Crippen molar-refractivity contribution in [2.24, 2.45) is 11.3 Å².